The third-order valence-corrected chi connectivity index (χ3v) is 1.09. The summed E-state index contributed by atoms with van der Waals surface area (Å²) in [6.45, 7) is 2.72. The quantitative estimate of drug-likeness (QED) is 0.485. The zero-order valence-electron chi connectivity index (χ0n) is 7.05. The Bertz CT molecular complexity index is 106. The summed E-state index contributed by atoms with van der Waals surface area (Å²) < 4.78 is 9.36. The van der Waals surface area contributed by atoms with Gasteiger partial charge in [0.15, 0.2) is 0 Å². The molecule has 0 saturated carbocycles. The minimum atomic E-state index is -0.416. The lowest BCUT2D eigenvalue weighted by Crippen LogP contribution is -2.26. The highest BCUT2D eigenvalue weighted by molar-refractivity contribution is 5.66. The number of ether oxygens (including phenoxy) is 2. The number of methoxy groups -OCH3 is 1. The van der Waals surface area contributed by atoms with E-state index in [0.717, 1.165) is 12.8 Å². The molecule has 0 atom stereocenters. The van der Waals surface area contributed by atoms with Crippen molar-refractivity contribution in [3.63, 3.8) is 0 Å². The summed E-state index contributed by atoms with van der Waals surface area (Å²) in [5, 5.41) is 2.41. The highest BCUT2D eigenvalue weighted by atomic mass is 16.6. The summed E-state index contributed by atoms with van der Waals surface area (Å²) in [4.78, 5) is 10.7. The average molecular weight is 161 g/mol. The second-order valence-electron chi connectivity index (χ2n) is 2.10. The van der Waals surface area contributed by atoms with Crippen LogP contribution >= 0.6 is 0 Å². The van der Waals surface area contributed by atoms with Gasteiger partial charge in [0.1, 0.15) is 6.73 Å². The fourth-order valence-electron chi connectivity index (χ4n) is 0.491. The van der Waals surface area contributed by atoms with Crippen molar-refractivity contribution < 1.29 is 14.3 Å². The molecule has 1 amide bonds. The number of nitrogens with one attached hydrogen (secondary N) is 1. The highest BCUT2D eigenvalue weighted by Crippen LogP contribution is 1.87. The van der Waals surface area contributed by atoms with E-state index >= 15 is 0 Å². The first kappa shape index (κ1) is 10.2. The second kappa shape index (κ2) is 7.34. The van der Waals surface area contributed by atoms with E-state index < -0.39 is 6.09 Å². The minimum Gasteiger partial charge on any atom is -0.450 e. The molecule has 0 aromatic carbocycles. The zero-order chi connectivity index (χ0) is 8.53. The normalized spacial score (nSPS) is 9.27. The molecule has 4 heteroatoms. The molecule has 4 nitrogen and oxygen atoms in total. The first-order chi connectivity index (χ1) is 5.31. The summed E-state index contributed by atoms with van der Waals surface area (Å²) in [5.41, 5.74) is 0. The molecule has 0 saturated heterocycles. The van der Waals surface area contributed by atoms with Gasteiger partial charge < -0.3 is 9.47 Å². The molecular formula is C7H15NO3. The van der Waals surface area contributed by atoms with Crippen LogP contribution in [0.15, 0.2) is 0 Å². The Morgan fingerprint density at radius 3 is 2.82 bits per heavy atom. The Labute approximate surface area is 66.9 Å². The van der Waals surface area contributed by atoms with Crippen LogP contribution in [0.4, 0.5) is 4.79 Å². The molecule has 0 fully saturated rings. The molecule has 0 unspecified atom stereocenters. The van der Waals surface area contributed by atoms with Crippen LogP contribution in [0.5, 0.6) is 0 Å². The molecule has 66 valence electrons. The average Bonchev–Trinajstić information content (AvgIpc) is 2.01. The third-order valence-electron chi connectivity index (χ3n) is 1.09. The largest absolute Gasteiger partial charge is 0.450 e. The van der Waals surface area contributed by atoms with Gasteiger partial charge in [0, 0.05) is 7.11 Å². The SMILES string of the molecule is CCCCOC(=O)NCOC. The van der Waals surface area contributed by atoms with Crippen LogP contribution in [0, 0.1) is 0 Å². The van der Waals surface area contributed by atoms with E-state index in [0.29, 0.717) is 6.61 Å². The number of carbonyl (C=O) groups is 1. The Hall–Kier alpha value is -0.770. The van der Waals surface area contributed by atoms with Crippen LogP contribution in [-0.4, -0.2) is 26.5 Å². The maximum absolute atomic E-state index is 10.7. The zero-order valence-corrected chi connectivity index (χ0v) is 7.05. The van der Waals surface area contributed by atoms with Crippen LogP contribution in [0.25, 0.3) is 0 Å². The highest BCUT2D eigenvalue weighted by Gasteiger charge is 1.97. The molecule has 1 N–H and O–H groups in total. The van der Waals surface area contributed by atoms with Gasteiger partial charge in [0.05, 0.1) is 6.61 Å². The van der Waals surface area contributed by atoms with Crippen molar-refractivity contribution in [2.75, 3.05) is 20.4 Å². The van der Waals surface area contributed by atoms with Crippen molar-refractivity contribution >= 4 is 6.09 Å². The number of rotatable bonds is 5. The minimum absolute atomic E-state index is 0.199. The number of hydrogen-bond acceptors (Lipinski definition) is 3. The van der Waals surface area contributed by atoms with E-state index in [1.54, 1.807) is 0 Å². The predicted octanol–water partition coefficient (Wildman–Crippen LogP) is 1.12. The standard InChI is InChI=1S/C7H15NO3/c1-3-4-5-11-7(9)8-6-10-2/h3-6H2,1-2H3,(H,8,9). The number of carbonyl (C=O) groups excluding carboxylic acids is 1. The summed E-state index contributed by atoms with van der Waals surface area (Å²) in [6, 6.07) is 0. The summed E-state index contributed by atoms with van der Waals surface area (Å²) in [5.74, 6) is 0. The summed E-state index contributed by atoms with van der Waals surface area (Å²) >= 11 is 0. The van der Waals surface area contributed by atoms with Crippen molar-refractivity contribution in [3.05, 3.63) is 0 Å². The summed E-state index contributed by atoms with van der Waals surface area (Å²) in [6.07, 6.45) is 1.51. The topological polar surface area (TPSA) is 47.6 Å². The van der Waals surface area contributed by atoms with Gasteiger partial charge in [0.25, 0.3) is 0 Å². The maximum atomic E-state index is 10.7. The number of unbranched alkanes of at least 4 members (excludes halogenated alkanes) is 1. The third kappa shape index (κ3) is 7.12. The van der Waals surface area contributed by atoms with E-state index in [9.17, 15) is 4.79 Å². The molecule has 0 heterocycles. The molecule has 0 bridgehead atoms. The smallest absolute Gasteiger partial charge is 0.408 e. The molecule has 0 radical (unpaired) electrons. The lowest BCUT2D eigenvalue weighted by Gasteiger charge is -2.04. The van der Waals surface area contributed by atoms with E-state index in [-0.39, 0.29) is 6.73 Å². The van der Waals surface area contributed by atoms with Gasteiger partial charge in [-0.1, -0.05) is 13.3 Å². The molecule has 0 rings (SSSR count). The maximum Gasteiger partial charge on any atom is 0.408 e. The van der Waals surface area contributed by atoms with E-state index in [4.69, 9.17) is 4.74 Å². The van der Waals surface area contributed by atoms with Crippen LogP contribution in [0.2, 0.25) is 0 Å². The first-order valence-electron chi connectivity index (χ1n) is 3.70. The predicted molar refractivity (Wildman–Crippen MR) is 41.3 cm³/mol. The van der Waals surface area contributed by atoms with Crippen LogP contribution in [-0.2, 0) is 9.47 Å². The Morgan fingerprint density at radius 1 is 1.55 bits per heavy atom. The number of hydrogen-bond donors (Lipinski definition) is 1. The van der Waals surface area contributed by atoms with Crippen LogP contribution in [0.1, 0.15) is 19.8 Å². The molecule has 0 aromatic heterocycles. The van der Waals surface area contributed by atoms with Crippen molar-refractivity contribution in [2.24, 2.45) is 0 Å². The van der Waals surface area contributed by atoms with Crippen molar-refractivity contribution in [2.45, 2.75) is 19.8 Å². The van der Waals surface area contributed by atoms with Crippen LogP contribution in [0.3, 0.4) is 0 Å². The fraction of sp³-hybridized carbons (Fsp3) is 0.857. The van der Waals surface area contributed by atoms with Crippen molar-refractivity contribution in [1.82, 2.24) is 5.32 Å². The number of alkyl carbamates (subject to hydrolysis) is 1. The van der Waals surface area contributed by atoms with Gasteiger partial charge in [0.2, 0.25) is 0 Å². The van der Waals surface area contributed by atoms with E-state index in [2.05, 4.69) is 10.1 Å². The Morgan fingerprint density at radius 2 is 2.27 bits per heavy atom. The van der Waals surface area contributed by atoms with Gasteiger partial charge in [-0.15, -0.1) is 0 Å². The summed E-state index contributed by atoms with van der Waals surface area (Å²) in [7, 11) is 1.51. The monoisotopic (exact) mass is 161 g/mol. The van der Waals surface area contributed by atoms with Crippen molar-refractivity contribution in [3.8, 4) is 0 Å². The molecule has 0 spiro atoms. The van der Waals surface area contributed by atoms with Gasteiger partial charge in [-0.05, 0) is 6.42 Å². The van der Waals surface area contributed by atoms with Gasteiger partial charge in [-0.25, -0.2) is 4.79 Å². The van der Waals surface area contributed by atoms with E-state index in [1.165, 1.54) is 7.11 Å². The molecule has 0 aliphatic rings. The number of amides is 1. The second-order valence-corrected chi connectivity index (χ2v) is 2.10. The molecule has 11 heavy (non-hydrogen) atoms. The van der Waals surface area contributed by atoms with Crippen LogP contribution < -0.4 is 5.32 Å². The molecular weight excluding hydrogens is 146 g/mol. The Kier molecular flexibility index (Phi) is 6.82. The van der Waals surface area contributed by atoms with Crippen molar-refractivity contribution in [1.29, 1.82) is 0 Å². The van der Waals surface area contributed by atoms with E-state index in [1.807, 2.05) is 6.92 Å². The lowest BCUT2D eigenvalue weighted by atomic mass is 10.4. The first-order valence-corrected chi connectivity index (χ1v) is 3.70. The lowest BCUT2D eigenvalue weighted by molar-refractivity contribution is 0.119. The fourth-order valence-corrected chi connectivity index (χ4v) is 0.491. The Balaban J connectivity index is 3.09. The molecule has 0 aliphatic carbocycles. The van der Waals surface area contributed by atoms with Gasteiger partial charge in [-0.3, -0.25) is 5.32 Å². The molecule has 0 aliphatic heterocycles. The van der Waals surface area contributed by atoms with Gasteiger partial charge in [-0.2, -0.15) is 0 Å². The van der Waals surface area contributed by atoms with Gasteiger partial charge >= 0.3 is 6.09 Å². The molecule has 0 aromatic rings.